The van der Waals surface area contributed by atoms with Crippen LogP contribution in [0.25, 0.3) is 22.3 Å². The minimum atomic E-state index is 0.310. The summed E-state index contributed by atoms with van der Waals surface area (Å²) >= 11 is 0. The van der Waals surface area contributed by atoms with Crippen LogP contribution >= 0.6 is 0 Å². The van der Waals surface area contributed by atoms with E-state index in [1.165, 1.54) is 5.56 Å². The summed E-state index contributed by atoms with van der Waals surface area (Å²) in [6.45, 7) is 8.28. The van der Waals surface area contributed by atoms with Crippen molar-refractivity contribution in [3.8, 4) is 17.1 Å². The summed E-state index contributed by atoms with van der Waals surface area (Å²) < 4.78 is 10.8. The van der Waals surface area contributed by atoms with Gasteiger partial charge in [-0.05, 0) is 37.6 Å². The average Bonchev–Trinajstić information content (AvgIpc) is 2.98. The van der Waals surface area contributed by atoms with Crippen molar-refractivity contribution in [2.24, 2.45) is 0 Å². The molecule has 2 heterocycles. The first-order valence-corrected chi connectivity index (χ1v) is 7.43. The molecule has 0 aliphatic carbocycles. The molecule has 0 radical (unpaired) electrons. The van der Waals surface area contributed by atoms with Crippen molar-refractivity contribution in [1.82, 2.24) is 10.1 Å². The van der Waals surface area contributed by atoms with Crippen LogP contribution in [-0.4, -0.2) is 17.3 Å². The molecule has 0 amide bonds. The van der Waals surface area contributed by atoms with Gasteiger partial charge in [0.15, 0.2) is 0 Å². The molecule has 0 saturated carbocycles. The fourth-order valence-corrected chi connectivity index (χ4v) is 2.61. The summed E-state index contributed by atoms with van der Waals surface area (Å²) in [6.07, 6.45) is 0. The quantitative estimate of drug-likeness (QED) is 0.706. The second-order valence-corrected chi connectivity index (χ2v) is 5.88. The van der Waals surface area contributed by atoms with Gasteiger partial charge in [0.2, 0.25) is 0 Å². The van der Waals surface area contributed by atoms with Crippen LogP contribution in [0.3, 0.4) is 0 Å². The number of hydrogen-bond donors (Lipinski definition) is 0. The Morgan fingerprint density at radius 1 is 1.09 bits per heavy atom. The van der Waals surface area contributed by atoms with Gasteiger partial charge in [-0.3, -0.25) is 0 Å². The summed E-state index contributed by atoms with van der Waals surface area (Å²) in [7, 11) is 1.68. The summed E-state index contributed by atoms with van der Waals surface area (Å²) in [4.78, 5) is 4.78. The fourth-order valence-electron chi connectivity index (χ4n) is 2.61. The van der Waals surface area contributed by atoms with E-state index >= 15 is 0 Å². The SMILES string of the molecule is COc1ccc2c(C)cc(-c3cc(C(C)C)on3)nc2c1C. The molecule has 4 heteroatoms. The van der Waals surface area contributed by atoms with Crippen LogP contribution in [0.5, 0.6) is 5.75 Å². The van der Waals surface area contributed by atoms with Gasteiger partial charge in [0.05, 0.1) is 18.3 Å². The number of methoxy groups -OCH3 is 1. The van der Waals surface area contributed by atoms with Crippen molar-refractivity contribution < 1.29 is 9.26 Å². The van der Waals surface area contributed by atoms with E-state index < -0.39 is 0 Å². The number of benzene rings is 1. The van der Waals surface area contributed by atoms with E-state index in [2.05, 4.69) is 38.1 Å². The fraction of sp³-hybridized carbons (Fsp3) is 0.333. The van der Waals surface area contributed by atoms with Crippen molar-refractivity contribution in [1.29, 1.82) is 0 Å². The number of ether oxygens (including phenoxy) is 1. The van der Waals surface area contributed by atoms with Crippen molar-refractivity contribution in [3.05, 3.63) is 41.2 Å². The Morgan fingerprint density at radius 2 is 1.86 bits per heavy atom. The van der Waals surface area contributed by atoms with Gasteiger partial charge in [0.25, 0.3) is 0 Å². The van der Waals surface area contributed by atoms with Crippen LogP contribution in [0.4, 0.5) is 0 Å². The molecule has 4 nitrogen and oxygen atoms in total. The van der Waals surface area contributed by atoms with Crippen molar-refractivity contribution in [2.75, 3.05) is 7.11 Å². The first-order valence-electron chi connectivity index (χ1n) is 7.43. The Morgan fingerprint density at radius 3 is 2.50 bits per heavy atom. The van der Waals surface area contributed by atoms with Gasteiger partial charge in [-0.2, -0.15) is 0 Å². The third-order valence-electron chi connectivity index (χ3n) is 3.97. The molecule has 0 bridgehead atoms. The zero-order valence-corrected chi connectivity index (χ0v) is 13.6. The number of aryl methyl sites for hydroxylation is 2. The normalized spacial score (nSPS) is 11.4. The number of pyridine rings is 1. The van der Waals surface area contributed by atoms with Crippen molar-refractivity contribution in [2.45, 2.75) is 33.6 Å². The van der Waals surface area contributed by atoms with Crippen LogP contribution < -0.4 is 4.74 Å². The molecule has 0 aliphatic heterocycles. The molecule has 3 rings (SSSR count). The molecule has 0 atom stereocenters. The highest BCUT2D eigenvalue weighted by Gasteiger charge is 2.14. The monoisotopic (exact) mass is 296 g/mol. The van der Waals surface area contributed by atoms with Crippen LogP contribution in [0.1, 0.15) is 36.7 Å². The van der Waals surface area contributed by atoms with Crippen molar-refractivity contribution >= 4 is 10.9 Å². The summed E-state index contributed by atoms with van der Waals surface area (Å²) in [6, 6.07) is 8.05. The average molecular weight is 296 g/mol. The maximum absolute atomic E-state index is 5.40. The minimum absolute atomic E-state index is 0.310. The zero-order chi connectivity index (χ0) is 15.9. The second-order valence-electron chi connectivity index (χ2n) is 5.88. The lowest BCUT2D eigenvalue weighted by atomic mass is 10.0. The van der Waals surface area contributed by atoms with Crippen LogP contribution in [-0.2, 0) is 0 Å². The van der Waals surface area contributed by atoms with Gasteiger partial charge in [0, 0.05) is 22.9 Å². The highest BCUT2D eigenvalue weighted by Crippen LogP contribution is 2.31. The number of hydrogen-bond acceptors (Lipinski definition) is 4. The second kappa shape index (κ2) is 5.44. The summed E-state index contributed by atoms with van der Waals surface area (Å²) in [5.41, 5.74) is 4.76. The zero-order valence-electron chi connectivity index (χ0n) is 13.6. The van der Waals surface area contributed by atoms with Gasteiger partial charge < -0.3 is 9.26 Å². The predicted octanol–water partition coefficient (Wildman–Crippen LogP) is 4.64. The lowest BCUT2D eigenvalue weighted by molar-refractivity contribution is 0.373. The Bertz CT molecular complexity index is 834. The predicted molar refractivity (Wildman–Crippen MR) is 87.4 cm³/mol. The van der Waals surface area contributed by atoms with Gasteiger partial charge in [-0.25, -0.2) is 4.98 Å². The largest absolute Gasteiger partial charge is 0.496 e. The number of rotatable bonds is 3. The highest BCUT2D eigenvalue weighted by molar-refractivity contribution is 5.88. The number of fused-ring (bicyclic) bond motifs is 1. The molecular weight excluding hydrogens is 276 g/mol. The Hall–Kier alpha value is -2.36. The Balaban J connectivity index is 2.20. The molecule has 0 aliphatic rings. The Kier molecular flexibility index (Phi) is 3.61. The van der Waals surface area contributed by atoms with E-state index in [1.807, 2.05) is 19.1 Å². The molecule has 114 valence electrons. The standard InChI is InChI=1S/C18H20N2O2/c1-10(2)17-9-15(20-22-17)14-8-11(3)13-6-7-16(21-5)12(4)18(13)19-14/h6-10H,1-5H3. The first kappa shape index (κ1) is 14.6. The van der Waals surface area contributed by atoms with E-state index in [4.69, 9.17) is 14.2 Å². The lowest BCUT2D eigenvalue weighted by Crippen LogP contribution is -1.94. The molecule has 3 aromatic rings. The van der Waals surface area contributed by atoms with E-state index in [1.54, 1.807) is 7.11 Å². The molecule has 0 spiro atoms. The topological polar surface area (TPSA) is 48.2 Å². The molecular formula is C18H20N2O2. The van der Waals surface area contributed by atoms with Crippen LogP contribution in [0.2, 0.25) is 0 Å². The maximum atomic E-state index is 5.40. The molecule has 1 aromatic carbocycles. The summed E-state index contributed by atoms with van der Waals surface area (Å²) in [5, 5.41) is 5.29. The van der Waals surface area contributed by atoms with Crippen LogP contribution in [0.15, 0.2) is 28.8 Å². The third kappa shape index (κ3) is 2.34. The van der Waals surface area contributed by atoms with E-state index in [-0.39, 0.29) is 0 Å². The molecule has 0 unspecified atom stereocenters. The molecule has 0 saturated heterocycles. The van der Waals surface area contributed by atoms with E-state index in [0.717, 1.165) is 39.4 Å². The lowest BCUT2D eigenvalue weighted by Gasteiger charge is -2.10. The maximum Gasteiger partial charge on any atom is 0.139 e. The number of aromatic nitrogens is 2. The van der Waals surface area contributed by atoms with Gasteiger partial charge in [-0.1, -0.05) is 19.0 Å². The highest BCUT2D eigenvalue weighted by atomic mass is 16.5. The van der Waals surface area contributed by atoms with Gasteiger partial charge in [0.1, 0.15) is 17.2 Å². The first-order chi connectivity index (χ1) is 10.5. The summed E-state index contributed by atoms with van der Waals surface area (Å²) in [5.74, 6) is 2.03. The minimum Gasteiger partial charge on any atom is -0.496 e. The van der Waals surface area contributed by atoms with Crippen molar-refractivity contribution in [3.63, 3.8) is 0 Å². The van der Waals surface area contributed by atoms with Gasteiger partial charge >= 0.3 is 0 Å². The third-order valence-corrected chi connectivity index (χ3v) is 3.97. The van der Waals surface area contributed by atoms with Gasteiger partial charge in [-0.15, -0.1) is 0 Å². The van der Waals surface area contributed by atoms with E-state index in [9.17, 15) is 0 Å². The molecule has 2 aromatic heterocycles. The molecule has 22 heavy (non-hydrogen) atoms. The molecule has 0 N–H and O–H groups in total. The Labute approximate surface area is 130 Å². The molecule has 0 fully saturated rings. The van der Waals surface area contributed by atoms with E-state index in [0.29, 0.717) is 5.92 Å². The van der Waals surface area contributed by atoms with Crippen LogP contribution in [0, 0.1) is 13.8 Å². The number of nitrogens with zero attached hydrogens (tertiary/aromatic N) is 2. The smallest absolute Gasteiger partial charge is 0.139 e.